The van der Waals surface area contributed by atoms with Crippen molar-refractivity contribution in [1.82, 2.24) is 4.90 Å². The number of benzene rings is 1. The van der Waals surface area contributed by atoms with Crippen molar-refractivity contribution >= 4 is 34.7 Å². The number of thiophene rings is 1. The summed E-state index contributed by atoms with van der Waals surface area (Å²) in [5.41, 5.74) is 0.351. The van der Waals surface area contributed by atoms with E-state index in [0.717, 1.165) is 4.88 Å². The van der Waals surface area contributed by atoms with Gasteiger partial charge in [-0.3, -0.25) is 14.4 Å². The Hall–Kier alpha value is -2.47. The Balaban J connectivity index is 1.88. The first-order chi connectivity index (χ1) is 12.8. The molecule has 1 unspecified atom stereocenters. The highest BCUT2D eigenvalue weighted by Crippen LogP contribution is 2.29. The Kier molecular flexibility index (Phi) is 5.46. The van der Waals surface area contributed by atoms with Gasteiger partial charge in [0, 0.05) is 11.3 Å². The van der Waals surface area contributed by atoms with Crippen LogP contribution in [0, 0.1) is 5.41 Å². The number of hydrogen-bond donors (Lipinski definition) is 0. The fraction of sp³-hybridized carbons (Fsp3) is 0.381. The van der Waals surface area contributed by atoms with Gasteiger partial charge in [-0.2, -0.15) is 0 Å². The number of nitrogens with zero attached hydrogens (tertiary/aromatic N) is 2. The number of anilines is 1. The van der Waals surface area contributed by atoms with E-state index in [1.807, 2.05) is 44.4 Å². The molecule has 0 bridgehead atoms. The minimum Gasteiger partial charge on any atom is -0.325 e. The van der Waals surface area contributed by atoms with E-state index in [4.69, 9.17) is 0 Å². The molecule has 5 nitrogen and oxygen atoms in total. The summed E-state index contributed by atoms with van der Waals surface area (Å²) in [6.07, 6.45) is 0.344. The molecule has 2 heterocycles. The van der Waals surface area contributed by atoms with Gasteiger partial charge < -0.3 is 4.90 Å². The molecule has 0 saturated carbocycles. The highest BCUT2D eigenvalue weighted by molar-refractivity contribution is 7.09. The van der Waals surface area contributed by atoms with E-state index < -0.39 is 6.04 Å². The van der Waals surface area contributed by atoms with Crippen LogP contribution in [0.25, 0.3) is 0 Å². The lowest BCUT2D eigenvalue weighted by molar-refractivity contribution is -0.140. The van der Waals surface area contributed by atoms with Crippen molar-refractivity contribution in [3.63, 3.8) is 0 Å². The molecule has 2 aromatic rings. The zero-order valence-corrected chi connectivity index (χ0v) is 16.7. The topological polar surface area (TPSA) is 57.7 Å². The summed E-state index contributed by atoms with van der Waals surface area (Å²) in [4.78, 5) is 42.5. The molecule has 1 fully saturated rings. The summed E-state index contributed by atoms with van der Waals surface area (Å²) in [7, 11) is 0. The van der Waals surface area contributed by atoms with Gasteiger partial charge >= 0.3 is 0 Å². The molecule has 0 spiro atoms. The summed E-state index contributed by atoms with van der Waals surface area (Å²) in [6, 6.07) is 12.0. The molecule has 142 valence electrons. The van der Waals surface area contributed by atoms with Gasteiger partial charge in [-0.25, -0.2) is 4.90 Å². The number of carbonyl (C=O) groups excluding carboxylic acids is 3. The average molecular weight is 385 g/mol. The van der Waals surface area contributed by atoms with Crippen molar-refractivity contribution in [2.75, 3.05) is 4.90 Å². The lowest BCUT2D eigenvalue weighted by Crippen LogP contribution is -2.45. The molecule has 1 aromatic heterocycles. The molecule has 1 aliphatic heterocycles. The van der Waals surface area contributed by atoms with E-state index >= 15 is 0 Å². The van der Waals surface area contributed by atoms with Crippen LogP contribution >= 0.6 is 11.3 Å². The number of amides is 3. The van der Waals surface area contributed by atoms with Crippen molar-refractivity contribution in [3.05, 3.63) is 52.7 Å². The molecule has 0 radical (unpaired) electrons. The van der Waals surface area contributed by atoms with Crippen LogP contribution in [0.1, 0.15) is 38.5 Å². The van der Waals surface area contributed by atoms with Gasteiger partial charge in [-0.05, 0) is 29.0 Å². The SMILES string of the molecule is CC(C)(C)CC(=O)N(Cc1cccs1)C1CC(=O)N(c2ccccc2)C1=O. The van der Waals surface area contributed by atoms with Crippen LogP contribution in [-0.2, 0) is 20.9 Å². The average Bonchev–Trinajstić information content (AvgIpc) is 3.20. The highest BCUT2D eigenvalue weighted by atomic mass is 32.1. The van der Waals surface area contributed by atoms with Crippen LogP contribution in [0.5, 0.6) is 0 Å². The predicted molar refractivity (Wildman–Crippen MR) is 106 cm³/mol. The van der Waals surface area contributed by atoms with Crippen molar-refractivity contribution in [1.29, 1.82) is 0 Å². The second kappa shape index (κ2) is 7.64. The Labute approximate surface area is 163 Å². The van der Waals surface area contributed by atoms with Crippen molar-refractivity contribution in [3.8, 4) is 0 Å². The summed E-state index contributed by atoms with van der Waals surface area (Å²) in [5, 5.41) is 1.94. The maximum absolute atomic E-state index is 13.1. The molecule has 1 aromatic carbocycles. The Morgan fingerprint density at radius 2 is 1.85 bits per heavy atom. The summed E-state index contributed by atoms with van der Waals surface area (Å²) < 4.78 is 0. The van der Waals surface area contributed by atoms with Crippen LogP contribution in [-0.4, -0.2) is 28.7 Å². The van der Waals surface area contributed by atoms with Crippen molar-refractivity contribution in [2.45, 2.75) is 46.2 Å². The Morgan fingerprint density at radius 1 is 1.15 bits per heavy atom. The molecule has 0 N–H and O–H groups in total. The van der Waals surface area contributed by atoms with Gasteiger partial charge in [0.15, 0.2) is 0 Å². The first kappa shape index (κ1) is 19.3. The van der Waals surface area contributed by atoms with Gasteiger partial charge in [0.1, 0.15) is 6.04 Å². The molecule has 3 rings (SSSR count). The fourth-order valence-corrected chi connectivity index (χ4v) is 3.91. The van der Waals surface area contributed by atoms with E-state index in [1.165, 1.54) is 4.90 Å². The molecule has 6 heteroatoms. The van der Waals surface area contributed by atoms with E-state index in [2.05, 4.69) is 0 Å². The van der Waals surface area contributed by atoms with E-state index in [1.54, 1.807) is 40.5 Å². The quantitative estimate of drug-likeness (QED) is 0.736. The van der Waals surface area contributed by atoms with Crippen LogP contribution < -0.4 is 4.90 Å². The van der Waals surface area contributed by atoms with E-state index in [-0.39, 0.29) is 29.6 Å². The monoisotopic (exact) mass is 384 g/mol. The number of carbonyl (C=O) groups is 3. The molecular formula is C21H24N2O3S. The third kappa shape index (κ3) is 4.45. The third-order valence-electron chi connectivity index (χ3n) is 4.42. The zero-order valence-electron chi connectivity index (χ0n) is 15.8. The minimum atomic E-state index is -0.755. The zero-order chi connectivity index (χ0) is 19.6. The van der Waals surface area contributed by atoms with E-state index in [0.29, 0.717) is 18.7 Å². The summed E-state index contributed by atoms with van der Waals surface area (Å²) in [5.74, 6) is -0.696. The lowest BCUT2D eigenvalue weighted by Gasteiger charge is -2.30. The normalized spacial score (nSPS) is 17.4. The van der Waals surface area contributed by atoms with Crippen LogP contribution in [0.15, 0.2) is 47.8 Å². The minimum absolute atomic E-state index is 0.0228. The number of para-hydroxylation sites is 1. The van der Waals surface area contributed by atoms with Gasteiger partial charge in [-0.1, -0.05) is 45.0 Å². The number of imide groups is 1. The molecule has 1 saturated heterocycles. The van der Waals surface area contributed by atoms with Crippen molar-refractivity contribution < 1.29 is 14.4 Å². The van der Waals surface area contributed by atoms with Gasteiger partial charge in [0.2, 0.25) is 11.8 Å². The molecule has 1 atom stereocenters. The largest absolute Gasteiger partial charge is 0.325 e. The first-order valence-electron chi connectivity index (χ1n) is 9.00. The maximum atomic E-state index is 13.1. The second-order valence-corrected chi connectivity index (χ2v) is 8.99. The lowest BCUT2D eigenvalue weighted by atomic mass is 9.91. The van der Waals surface area contributed by atoms with Gasteiger partial charge in [0.05, 0.1) is 18.7 Å². The predicted octanol–water partition coefficient (Wildman–Crippen LogP) is 3.85. The van der Waals surface area contributed by atoms with E-state index in [9.17, 15) is 14.4 Å². The first-order valence-corrected chi connectivity index (χ1v) is 9.88. The standard InChI is InChI=1S/C21H24N2O3S/c1-21(2,3)13-19(25)22(14-16-10-7-11-27-16)17-12-18(24)23(20(17)26)15-8-5-4-6-9-15/h4-11,17H,12-14H2,1-3H3. The molecular weight excluding hydrogens is 360 g/mol. The van der Waals surface area contributed by atoms with Gasteiger partial charge in [0.25, 0.3) is 5.91 Å². The van der Waals surface area contributed by atoms with Crippen LogP contribution in [0.3, 0.4) is 0 Å². The summed E-state index contributed by atoms with van der Waals surface area (Å²) in [6.45, 7) is 6.32. The molecule has 27 heavy (non-hydrogen) atoms. The number of hydrogen-bond acceptors (Lipinski definition) is 4. The third-order valence-corrected chi connectivity index (χ3v) is 5.28. The maximum Gasteiger partial charge on any atom is 0.257 e. The van der Waals surface area contributed by atoms with Crippen LogP contribution in [0.2, 0.25) is 0 Å². The number of rotatable bonds is 5. The Morgan fingerprint density at radius 3 is 2.44 bits per heavy atom. The highest BCUT2D eigenvalue weighted by Gasteiger charge is 2.44. The van der Waals surface area contributed by atoms with Gasteiger partial charge in [-0.15, -0.1) is 11.3 Å². The molecule has 0 aliphatic carbocycles. The molecule has 3 amide bonds. The smallest absolute Gasteiger partial charge is 0.257 e. The molecule has 1 aliphatic rings. The summed E-state index contributed by atoms with van der Waals surface area (Å²) >= 11 is 1.54. The second-order valence-electron chi connectivity index (χ2n) is 7.96. The Bertz CT molecular complexity index is 825. The van der Waals surface area contributed by atoms with Crippen LogP contribution in [0.4, 0.5) is 5.69 Å². The van der Waals surface area contributed by atoms with Crippen molar-refractivity contribution in [2.24, 2.45) is 5.41 Å². The fourth-order valence-electron chi connectivity index (χ4n) is 3.21.